The summed E-state index contributed by atoms with van der Waals surface area (Å²) in [5.74, 6) is 0.00542. The number of fused-ring (bicyclic) bond motifs is 1. The van der Waals surface area contributed by atoms with Crippen LogP contribution < -0.4 is 5.56 Å². The van der Waals surface area contributed by atoms with Gasteiger partial charge in [-0.2, -0.15) is 0 Å². The lowest BCUT2D eigenvalue weighted by atomic mass is 10.1. The van der Waals surface area contributed by atoms with Crippen LogP contribution >= 0.6 is 0 Å². The molecule has 0 aliphatic heterocycles. The molecule has 0 amide bonds. The predicted octanol–water partition coefficient (Wildman–Crippen LogP) is 2.11. The van der Waals surface area contributed by atoms with Crippen LogP contribution in [0.4, 0.5) is 0 Å². The molecule has 1 N–H and O–H groups in total. The molecule has 0 atom stereocenters. The zero-order chi connectivity index (χ0) is 11.9. The molecular formula is C12H14N2O2. The molecule has 2 rings (SSSR count). The molecule has 0 radical (unpaired) electrons. The van der Waals surface area contributed by atoms with E-state index in [1.807, 2.05) is 13.8 Å². The predicted molar refractivity (Wildman–Crippen MR) is 62.9 cm³/mol. The van der Waals surface area contributed by atoms with E-state index in [4.69, 9.17) is 0 Å². The second-order valence-electron chi connectivity index (χ2n) is 4.19. The maximum absolute atomic E-state index is 11.6. The summed E-state index contributed by atoms with van der Waals surface area (Å²) in [6, 6.07) is 5.30. The Labute approximate surface area is 92.9 Å². The Morgan fingerprint density at radius 2 is 2.06 bits per heavy atom. The molecule has 16 heavy (non-hydrogen) atoms. The summed E-state index contributed by atoms with van der Waals surface area (Å²) in [7, 11) is 0. The van der Waals surface area contributed by atoms with Gasteiger partial charge >= 0.3 is 0 Å². The smallest absolute Gasteiger partial charge is 0.271 e. The first-order valence-electron chi connectivity index (χ1n) is 5.26. The minimum absolute atomic E-state index is 0.00542. The molecule has 4 nitrogen and oxygen atoms in total. The Morgan fingerprint density at radius 3 is 2.62 bits per heavy atom. The van der Waals surface area contributed by atoms with Gasteiger partial charge in [0, 0.05) is 11.6 Å². The van der Waals surface area contributed by atoms with Gasteiger partial charge in [-0.15, -0.1) is 0 Å². The third kappa shape index (κ3) is 1.56. The maximum Gasteiger partial charge on any atom is 0.271 e. The highest BCUT2D eigenvalue weighted by atomic mass is 16.1. The highest BCUT2D eigenvalue weighted by Crippen LogP contribution is 2.16. The standard InChI is InChI=1S/C12H14N2O2/c1-7(2)14-11-6-9(8(3)15)4-5-10(11)12(16)13-14/h4-7H,1-3H3,(H,13,16). The quantitative estimate of drug-likeness (QED) is 0.785. The number of aromatic nitrogens is 2. The van der Waals surface area contributed by atoms with Crippen molar-refractivity contribution < 1.29 is 4.79 Å². The van der Waals surface area contributed by atoms with Gasteiger partial charge in [0.15, 0.2) is 5.78 Å². The number of aromatic amines is 1. The van der Waals surface area contributed by atoms with Crippen molar-refractivity contribution in [2.24, 2.45) is 0 Å². The SMILES string of the molecule is CC(=O)c1ccc2c(=O)[nH]n(C(C)C)c2c1. The molecule has 0 fully saturated rings. The number of Topliss-reactive ketones (excluding diaryl/α,β-unsaturated/α-hetero) is 1. The first-order chi connectivity index (χ1) is 7.50. The summed E-state index contributed by atoms with van der Waals surface area (Å²) >= 11 is 0. The van der Waals surface area contributed by atoms with Gasteiger partial charge < -0.3 is 0 Å². The Balaban J connectivity index is 2.79. The third-order valence-electron chi connectivity index (χ3n) is 2.65. The van der Waals surface area contributed by atoms with E-state index in [1.165, 1.54) is 6.92 Å². The van der Waals surface area contributed by atoms with Gasteiger partial charge in [-0.3, -0.25) is 19.4 Å². The van der Waals surface area contributed by atoms with Crippen molar-refractivity contribution in [3.63, 3.8) is 0 Å². The van der Waals surface area contributed by atoms with Crippen LogP contribution in [0.3, 0.4) is 0 Å². The van der Waals surface area contributed by atoms with E-state index in [0.717, 1.165) is 5.52 Å². The molecule has 0 aliphatic rings. The number of hydrogen-bond acceptors (Lipinski definition) is 2. The average molecular weight is 218 g/mol. The summed E-state index contributed by atoms with van der Waals surface area (Å²) in [5, 5.41) is 3.39. The monoisotopic (exact) mass is 218 g/mol. The van der Waals surface area contributed by atoms with Crippen molar-refractivity contribution in [1.29, 1.82) is 0 Å². The molecule has 84 valence electrons. The lowest BCUT2D eigenvalue weighted by Crippen LogP contribution is -2.07. The van der Waals surface area contributed by atoms with Gasteiger partial charge in [0.1, 0.15) is 0 Å². The molecular weight excluding hydrogens is 204 g/mol. The number of carbonyl (C=O) groups is 1. The van der Waals surface area contributed by atoms with Crippen LogP contribution in [-0.2, 0) is 0 Å². The number of rotatable bonds is 2. The van der Waals surface area contributed by atoms with Crippen LogP contribution in [0.15, 0.2) is 23.0 Å². The van der Waals surface area contributed by atoms with Gasteiger partial charge in [0.25, 0.3) is 5.56 Å². The Kier molecular flexibility index (Phi) is 2.42. The maximum atomic E-state index is 11.6. The topological polar surface area (TPSA) is 54.9 Å². The van der Waals surface area contributed by atoms with Crippen LogP contribution in [0.25, 0.3) is 10.9 Å². The van der Waals surface area contributed by atoms with Crippen molar-refractivity contribution in [2.75, 3.05) is 0 Å². The molecule has 0 bridgehead atoms. The third-order valence-corrected chi connectivity index (χ3v) is 2.65. The van der Waals surface area contributed by atoms with Crippen LogP contribution in [0.2, 0.25) is 0 Å². The molecule has 0 saturated carbocycles. The van der Waals surface area contributed by atoms with Crippen LogP contribution in [0.1, 0.15) is 37.2 Å². The Morgan fingerprint density at radius 1 is 1.38 bits per heavy atom. The first-order valence-corrected chi connectivity index (χ1v) is 5.26. The van der Waals surface area contributed by atoms with Crippen molar-refractivity contribution in [3.8, 4) is 0 Å². The van der Waals surface area contributed by atoms with E-state index in [9.17, 15) is 9.59 Å². The van der Waals surface area contributed by atoms with E-state index in [0.29, 0.717) is 10.9 Å². The number of hydrogen-bond donors (Lipinski definition) is 1. The van der Waals surface area contributed by atoms with E-state index in [1.54, 1.807) is 22.9 Å². The lowest BCUT2D eigenvalue weighted by molar-refractivity contribution is 0.101. The zero-order valence-corrected chi connectivity index (χ0v) is 9.57. The van der Waals surface area contributed by atoms with Gasteiger partial charge in [-0.1, -0.05) is 6.07 Å². The summed E-state index contributed by atoms with van der Waals surface area (Å²) in [6.45, 7) is 5.48. The van der Waals surface area contributed by atoms with Crippen LogP contribution in [-0.4, -0.2) is 15.6 Å². The van der Waals surface area contributed by atoms with Crippen molar-refractivity contribution in [1.82, 2.24) is 9.78 Å². The van der Waals surface area contributed by atoms with E-state index >= 15 is 0 Å². The Hall–Kier alpha value is -1.84. The molecule has 1 aromatic heterocycles. The van der Waals surface area contributed by atoms with E-state index < -0.39 is 0 Å². The van der Waals surface area contributed by atoms with Crippen molar-refractivity contribution in [3.05, 3.63) is 34.1 Å². The van der Waals surface area contributed by atoms with Gasteiger partial charge in [-0.05, 0) is 32.9 Å². The fourth-order valence-corrected chi connectivity index (χ4v) is 1.78. The zero-order valence-electron chi connectivity index (χ0n) is 9.57. The summed E-state index contributed by atoms with van der Waals surface area (Å²) in [4.78, 5) is 22.9. The number of carbonyl (C=O) groups excluding carboxylic acids is 1. The number of H-pyrrole nitrogens is 1. The summed E-state index contributed by atoms with van der Waals surface area (Å²) < 4.78 is 1.78. The van der Waals surface area contributed by atoms with Gasteiger partial charge in [0.2, 0.25) is 0 Å². The summed E-state index contributed by atoms with van der Waals surface area (Å²) in [5.41, 5.74) is 1.30. The van der Waals surface area contributed by atoms with E-state index in [2.05, 4.69) is 5.10 Å². The number of nitrogens with one attached hydrogen (secondary N) is 1. The molecule has 0 saturated heterocycles. The highest BCUT2D eigenvalue weighted by molar-refractivity contribution is 5.97. The minimum Gasteiger partial charge on any atom is -0.295 e. The van der Waals surface area contributed by atoms with Crippen molar-refractivity contribution in [2.45, 2.75) is 26.8 Å². The molecule has 4 heteroatoms. The lowest BCUT2D eigenvalue weighted by Gasteiger charge is -2.08. The van der Waals surface area contributed by atoms with Gasteiger partial charge in [-0.25, -0.2) is 0 Å². The number of benzene rings is 1. The molecule has 1 heterocycles. The largest absolute Gasteiger partial charge is 0.295 e. The fraction of sp³-hybridized carbons (Fsp3) is 0.333. The van der Waals surface area contributed by atoms with Crippen molar-refractivity contribution >= 4 is 16.7 Å². The molecule has 0 unspecified atom stereocenters. The van der Waals surface area contributed by atoms with Crippen LogP contribution in [0, 0.1) is 0 Å². The molecule has 2 aromatic rings. The fourth-order valence-electron chi connectivity index (χ4n) is 1.78. The first kappa shape index (κ1) is 10.7. The normalized spacial score (nSPS) is 11.2. The average Bonchev–Trinajstić information content (AvgIpc) is 2.56. The second kappa shape index (κ2) is 3.63. The van der Waals surface area contributed by atoms with Gasteiger partial charge in [0.05, 0.1) is 10.9 Å². The van der Waals surface area contributed by atoms with Crippen LogP contribution in [0.5, 0.6) is 0 Å². The minimum atomic E-state index is -0.112. The molecule has 0 spiro atoms. The van der Waals surface area contributed by atoms with E-state index in [-0.39, 0.29) is 17.4 Å². The highest BCUT2D eigenvalue weighted by Gasteiger charge is 2.10. The molecule has 1 aromatic carbocycles. The Bertz CT molecular complexity index is 605. The summed E-state index contributed by atoms with van der Waals surface area (Å²) in [6.07, 6.45) is 0. The number of ketones is 1. The second-order valence-corrected chi connectivity index (χ2v) is 4.19. The number of nitrogens with zero attached hydrogens (tertiary/aromatic N) is 1. The molecule has 0 aliphatic carbocycles.